The van der Waals surface area contributed by atoms with Crippen molar-refractivity contribution in [3.63, 3.8) is 0 Å². The van der Waals surface area contributed by atoms with E-state index < -0.39 is 97.5 Å². The largest absolute Gasteiger partial charge is 0.472 e. The molecule has 0 amide bonds. The third-order valence-corrected chi connectivity index (χ3v) is 21.4. The number of phosphoric acid groups is 2. The smallest absolute Gasteiger partial charge is 0.462 e. The molecule has 3 N–H and O–H groups in total. The first-order valence-electron chi connectivity index (χ1n) is 43.0. The first-order valence-corrected chi connectivity index (χ1v) is 46.0. The maximum atomic E-state index is 13.1. The zero-order valence-corrected chi connectivity index (χ0v) is 68.7. The minimum atomic E-state index is -4.96. The Morgan fingerprint density at radius 1 is 0.265 bits per heavy atom. The fourth-order valence-corrected chi connectivity index (χ4v) is 14.5. The Bertz CT molecular complexity index is 1960. The van der Waals surface area contributed by atoms with Crippen molar-refractivity contribution in [1.82, 2.24) is 0 Å². The van der Waals surface area contributed by atoms with Crippen molar-refractivity contribution in [2.45, 2.75) is 458 Å². The third kappa shape index (κ3) is 76.3. The summed E-state index contributed by atoms with van der Waals surface area (Å²) < 4.78 is 68.7. The number of aliphatic hydroxyl groups is 1. The summed E-state index contributed by atoms with van der Waals surface area (Å²) in [6.07, 6.45) is 65.4. The summed E-state index contributed by atoms with van der Waals surface area (Å²) in [5.41, 5.74) is 0. The van der Waals surface area contributed by atoms with Crippen LogP contribution in [-0.2, 0) is 65.4 Å². The lowest BCUT2D eigenvalue weighted by atomic mass is 10.0. The molecule has 0 spiro atoms. The van der Waals surface area contributed by atoms with Crippen molar-refractivity contribution in [3.05, 3.63) is 0 Å². The van der Waals surface area contributed by atoms with Crippen LogP contribution >= 0.6 is 15.6 Å². The number of unbranched alkanes of at least 4 members (excludes halogenated alkanes) is 52. The van der Waals surface area contributed by atoms with Crippen LogP contribution in [0.15, 0.2) is 0 Å². The predicted octanol–water partition coefficient (Wildman–Crippen LogP) is 25.1. The highest BCUT2D eigenvalue weighted by Crippen LogP contribution is 2.45. The number of rotatable bonds is 82. The third-order valence-electron chi connectivity index (χ3n) is 19.5. The molecule has 0 rings (SSSR count). The average molecular weight is 1490 g/mol. The highest BCUT2D eigenvalue weighted by Gasteiger charge is 2.30. The van der Waals surface area contributed by atoms with E-state index in [2.05, 4.69) is 41.5 Å². The minimum Gasteiger partial charge on any atom is -0.462 e. The van der Waals surface area contributed by atoms with Crippen LogP contribution in [-0.4, -0.2) is 96.7 Å². The molecule has 0 saturated carbocycles. The molecule has 19 heteroatoms. The second kappa shape index (κ2) is 74.5. The Hall–Kier alpha value is -1.94. The van der Waals surface area contributed by atoms with E-state index in [1.807, 2.05) is 0 Å². The monoisotopic (exact) mass is 1490 g/mol. The number of esters is 4. The van der Waals surface area contributed by atoms with Gasteiger partial charge in [0.25, 0.3) is 0 Å². The second-order valence-corrected chi connectivity index (χ2v) is 33.7. The predicted molar refractivity (Wildman–Crippen MR) is 418 cm³/mol. The van der Waals surface area contributed by atoms with Gasteiger partial charge in [-0.15, -0.1) is 0 Å². The molecule has 0 heterocycles. The van der Waals surface area contributed by atoms with Crippen LogP contribution in [0.4, 0.5) is 0 Å². The fraction of sp³-hybridized carbons (Fsp3) is 0.952. The molecule has 17 nitrogen and oxygen atoms in total. The first-order chi connectivity index (χ1) is 49.4. The molecule has 0 fully saturated rings. The Labute approximate surface area is 626 Å². The standard InChI is InChI=1S/C83H162O17P2/c1-7-9-11-13-15-17-18-19-20-21-22-23-24-25-26-29-33-36-43-49-55-61-67-82(87)99-79(72-94-81(86)66-60-54-48-42-35-32-30-27-28-31-34-40-45-51-57-63-75(3)4)74-98-102(91,92)96-70-77(84)69-95-101(89,90)97-73-78(71-93-80(85)65-59-53-47-39-16-14-12-10-8-2)100-83(88)68-62-56-50-44-38-37-41-46-52-58-64-76(5)6/h75-79,84H,7-74H2,1-6H3,(H,89,90)(H,91,92)/t77-,78+,79+/m0/s1. The van der Waals surface area contributed by atoms with E-state index >= 15 is 0 Å². The normalized spacial score (nSPS) is 13.9. The van der Waals surface area contributed by atoms with Gasteiger partial charge in [0.1, 0.15) is 19.3 Å². The van der Waals surface area contributed by atoms with Gasteiger partial charge < -0.3 is 33.8 Å². The van der Waals surface area contributed by atoms with Gasteiger partial charge in [-0.25, -0.2) is 9.13 Å². The number of hydrogen-bond donors (Lipinski definition) is 3. The topological polar surface area (TPSA) is 237 Å². The molecule has 0 aromatic rings. The molecular formula is C83H162O17P2. The van der Waals surface area contributed by atoms with Crippen LogP contribution in [0.3, 0.4) is 0 Å². The zero-order valence-electron chi connectivity index (χ0n) is 66.9. The number of carbonyl (C=O) groups is 4. The Morgan fingerprint density at radius 3 is 0.667 bits per heavy atom. The zero-order chi connectivity index (χ0) is 74.9. The molecule has 5 atom stereocenters. The maximum absolute atomic E-state index is 13.1. The molecule has 0 saturated heterocycles. The Balaban J connectivity index is 5.19. The van der Waals surface area contributed by atoms with Crippen molar-refractivity contribution in [2.24, 2.45) is 11.8 Å². The second-order valence-electron chi connectivity index (χ2n) is 30.8. The molecule has 0 radical (unpaired) electrons. The first kappa shape index (κ1) is 100. The van der Waals surface area contributed by atoms with E-state index in [1.54, 1.807) is 0 Å². The van der Waals surface area contributed by atoms with Crippen molar-refractivity contribution >= 4 is 39.5 Å². The summed E-state index contributed by atoms with van der Waals surface area (Å²) in [4.78, 5) is 73.0. The SMILES string of the molecule is CCCCCCCCCCCCCCCCCCCCCCCCC(=O)O[C@H](COC(=O)CCCCCCCCCCCCCCCCCC(C)C)COP(=O)(O)OC[C@@H](O)COP(=O)(O)OC[C@@H](COC(=O)CCCCCCCCCCC)OC(=O)CCCCCCCCCCCCC(C)C. The summed E-state index contributed by atoms with van der Waals surface area (Å²) in [7, 11) is -9.92. The van der Waals surface area contributed by atoms with Crippen LogP contribution < -0.4 is 0 Å². The van der Waals surface area contributed by atoms with Crippen molar-refractivity contribution < 1.29 is 80.2 Å². The quantitative estimate of drug-likeness (QED) is 0.0222. The van der Waals surface area contributed by atoms with Gasteiger partial charge in [-0.3, -0.25) is 37.3 Å². The highest BCUT2D eigenvalue weighted by molar-refractivity contribution is 7.47. The van der Waals surface area contributed by atoms with Gasteiger partial charge in [-0.05, 0) is 37.5 Å². The molecule has 0 bridgehead atoms. The van der Waals surface area contributed by atoms with Gasteiger partial charge in [0.15, 0.2) is 12.2 Å². The fourth-order valence-electron chi connectivity index (χ4n) is 12.9. The number of phosphoric ester groups is 2. The van der Waals surface area contributed by atoms with Crippen LogP contribution in [0.5, 0.6) is 0 Å². The molecule has 606 valence electrons. The van der Waals surface area contributed by atoms with Gasteiger partial charge in [-0.2, -0.15) is 0 Å². The molecule has 0 aliphatic rings. The number of carbonyl (C=O) groups excluding carboxylic acids is 4. The van der Waals surface area contributed by atoms with Crippen molar-refractivity contribution in [1.29, 1.82) is 0 Å². The molecule has 102 heavy (non-hydrogen) atoms. The lowest BCUT2D eigenvalue weighted by molar-refractivity contribution is -0.161. The molecule has 0 aromatic carbocycles. The number of aliphatic hydroxyl groups excluding tert-OH is 1. The summed E-state index contributed by atoms with van der Waals surface area (Å²) in [5.74, 6) is -0.550. The molecule has 0 aliphatic heterocycles. The van der Waals surface area contributed by atoms with Gasteiger partial charge >= 0.3 is 39.5 Å². The van der Waals surface area contributed by atoms with E-state index in [0.717, 1.165) is 102 Å². The van der Waals surface area contributed by atoms with Gasteiger partial charge in [0.2, 0.25) is 0 Å². The maximum Gasteiger partial charge on any atom is 0.472 e. The highest BCUT2D eigenvalue weighted by atomic mass is 31.2. The van der Waals surface area contributed by atoms with Gasteiger partial charge in [-0.1, -0.05) is 388 Å². The molecular weight excluding hydrogens is 1330 g/mol. The summed E-state index contributed by atoms with van der Waals surface area (Å²) in [6.45, 7) is 9.64. The van der Waals surface area contributed by atoms with E-state index in [9.17, 15) is 43.2 Å². The summed E-state index contributed by atoms with van der Waals surface area (Å²) in [6, 6.07) is 0. The van der Waals surface area contributed by atoms with E-state index in [0.29, 0.717) is 25.7 Å². The molecule has 0 aromatic heterocycles. The van der Waals surface area contributed by atoms with E-state index in [4.69, 9.17) is 37.0 Å². The Kier molecular flexibility index (Phi) is 73.1. The van der Waals surface area contributed by atoms with E-state index in [1.165, 1.54) is 257 Å². The van der Waals surface area contributed by atoms with E-state index in [-0.39, 0.29) is 25.7 Å². The minimum absolute atomic E-state index is 0.106. The van der Waals surface area contributed by atoms with Gasteiger partial charge in [0, 0.05) is 25.7 Å². The summed E-state index contributed by atoms with van der Waals surface area (Å²) in [5, 5.41) is 10.6. The lowest BCUT2D eigenvalue weighted by Gasteiger charge is -2.21. The van der Waals surface area contributed by atoms with Crippen LogP contribution in [0.1, 0.15) is 440 Å². The molecule has 2 unspecified atom stereocenters. The van der Waals surface area contributed by atoms with Crippen molar-refractivity contribution in [2.75, 3.05) is 39.6 Å². The Morgan fingerprint density at radius 2 is 0.451 bits per heavy atom. The van der Waals surface area contributed by atoms with Crippen LogP contribution in [0, 0.1) is 11.8 Å². The lowest BCUT2D eigenvalue weighted by Crippen LogP contribution is -2.30. The number of ether oxygens (including phenoxy) is 4. The molecule has 0 aliphatic carbocycles. The summed E-state index contributed by atoms with van der Waals surface area (Å²) >= 11 is 0. The number of hydrogen-bond acceptors (Lipinski definition) is 15. The van der Waals surface area contributed by atoms with Crippen LogP contribution in [0.25, 0.3) is 0 Å². The van der Waals surface area contributed by atoms with Crippen LogP contribution in [0.2, 0.25) is 0 Å². The van der Waals surface area contributed by atoms with Gasteiger partial charge in [0.05, 0.1) is 26.4 Å². The average Bonchev–Trinajstić information content (AvgIpc) is 0.934. The van der Waals surface area contributed by atoms with Crippen molar-refractivity contribution in [3.8, 4) is 0 Å².